The van der Waals surface area contributed by atoms with E-state index in [-0.39, 0.29) is 22.7 Å². The van der Waals surface area contributed by atoms with Gasteiger partial charge in [0.2, 0.25) is 0 Å². The first-order valence-corrected chi connectivity index (χ1v) is 2.58. The largest absolute Gasteiger partial charge is 0.507 e. The lowest BCUT2D eigenvalue weighted by atomic mass is 10.2. The molecule has 10 heavy (non-hydrogen) atoms. The average Bonchev–Trinajstić information content (AvgIpc) is 1.89. The lowest BCUT2D eigenvalue weighted by Crippen LogP contribution is -1.77. The first kappa shape index (κ1) is 9.17. The summed E-state index contributed by atoms with van der Waals surface area (Å²) >= 11 is 0. The predicted molar refractivity (Wildman–Crippen MR) is 43.8 cm³/mol. The third kappa shape index (κ3) is 1.84. The van der Waals surface area contributed by atoms with Crippen LogP contribution in [0.25, 0.3) is 0 Å². The molecule has 0 radical (unpaired) electrons. The number of carbonyl (C=O) groups is 1. The predicted octanol–water partition coefficient (Wildman–Crippen LogP) is 1.78. The maximum absolute atomic E-state index is 10.1. The second-order valence-corrected chi connectivity index (χ2v) is 1.68. The summed E-state index contributed by atoms with van der Waals surface area (Å²) in [5.41, 5.74) is 0.331. The molecule has 0 aliphatic carbocycles. The number of aldehydes is 1. The number of carbonyl (C=O) groups excluding carboxylic acids is 1. The summed E-state index contributed by atoms with van der Waals surface area (Å²) in [6, 6.07) is 6.40. The number of phenols is 1. The fraction of sp³-hybridized carbons (Fsp3) is 0. The molecule has 3 heteroatoms. The molecule has 0 aliphatic heterocycles. The number of phenolic OH excluding ortho intramolecular Hbond substituents is 1. The Balaban J connectivity index is 0.000000810. The van der Waals surface area contributed by atoms with Crippen LogP contribution >= 0.6 is 17.0 Å². The first-order chi connectivity index (χ1) is 4.34. The molecule has 1 aromatic carbocycles. The van der Waals surface area contributed by atoms with Crippen LogP contribution < -0.4 is 0 Å². The molecule has 0 heterocycles. The molecule has 0 unspecified atom stereocenters. The Hall–Kier alpha value is -0.830. The van der Waals surface area contributed by atoms with Crippen LogP contribution in [-0.4, -0.2) is 11.4 Å². The van der Waals surface area contributed by atoms with Crippen molar-refractivity contribution in [2.45, 2.75) is 0 Å². The Morgan fingerprint density at radius 2 is 1.90 bits per heavy atom. The molecule has 0 aromatic heterocycles. The number of rotatable bonds is 1. The Labute approximate surface area is 69.3 Å². The minimum Gasteiger partial charge on any atom is -0.507 e. The van der Waals surface area contributed by atoms with E-state index < -0.39 is 0 Å². The normalized spacial score (nSPS) is 8.00. The van der Waals surface area contributed by atoms with Crippen LogP contribution in [0.5, 0.6) is 5.75 Å². The standard InChI is InChI=1S/C7H6O2.BrH/c8-5-6-3-1-2-4-7(6)9;/h1-5,9H;1H. The topological polar surface area (TPSA) is 37.3 Å². The molecule has 54 valence electrons. The average molecular weight is 203 g/mol. The summed E-state index contributed by atoms with van der Waals surface area (Å²) in [4.78, 5) is 10.1. The highest BCUT2D eigenvalue weighted by molar-refractivity contribution is 8.93. The molecule has 1 N–H and O–H groups in total. The van der Waals surface area contributed by atoms with Gasteiger partial charge in [0.25, 0.3) is 0 Å². The van der Waals surface area contributed by atoms with E-state index in [0.29, 0.717) is 11.8 Å². The Kier molecular flexibility index (Phi) is 3.72. The Bertz CT molecular complexity index is 223. The van der Waals surface area contributed by atoms with E-state index in [1.165, 1.54) is 6.07 Å². The van der Waals surface area contributed by atoms with Gasteiger partial charge in [-0.15, -0.1) is 17.0 Å². The van der Waals surface area contributed by atoms with E-state index in [1.54, 1.807) is 18.2 Å². The van der Waals surface area contributed by atoms with E-state index in [2.05, 4.69) is 0 Å². The molecule has 0 fully saturated rings. The van der Waals surface area contributed by atoms with Gasteiger partial charge in [-0.1, -0.05) is 12.1 Å². The van der Waals surface area contributed by atoms with Gasteiger partial charge in [0.05, 0.1) is 5.56 Å². The van der Waals surface area contributed by atoms with Crippen molar-refractivity contribution in [3.8, 4) is 5.75 Å². The second-order valence-electron chi connectivity index (χ2n) is 1.68. The number of halogens is 1. The van der Waals surface area contributed by atoms with E-state index in [4.69, 9.17) is 5.11 Å². The van der Waals surface area contributed by atoms with E-state index in [9.17, 15) is 4.79 Å². The van der Waals surface area contributed by atoms with Crippen molar-refractivity contribution < 1.29 is 9.90 Å². The molecule has 1 aromatic rings. The van der Waals surface area contributed by atoms with Crippen LogP contribution in [-0.2, 0) is 0 Å². The monoisotopic (exact) mass is 202 g/mol. The SMILES string of the molecule is Br.O=Cc1ccccc1O. The summed E-state index contributed by atoms with van der Waals surface area (Å²) < 4.78 is 0. The summed E-state index contributed by atoms with van der Waals surface area (Å²) in [5, 5.41) is 8.88. The molecule has 0 aliphatic rings. The van der Waals surface area contributed by atoms with Crippen molar-refractivity contribution in [2.24, 2.45) is 0 Å². The molecule has 2 nitrogen and oxygen atoms in total. The summed E-state index contributed by atoms with van der Waals surface area (Å²) in [7, 11) is 0. The van der Waals surface area contributed by atoms with E-state index in [0.717, 1.165) is 0 Å². The van der Waals surface area contributed by atoms with Crippen LogP contribution in [0, 0.1) is 0 Å². The van der Waals surface area contributed by atoms with Gasteiger partial charge in [0.1, 0.15) is 5.75 Å². The summed E-state index contributed by atoms with van der Waals surface area (Å²) in [5.74, 6) is 0.0347. The highest BCUT2D eigenvalue weighted by atomic mass is 79.9. The molecule has 0 spiro atoms. The molecule has 0 atom stereocenters. The number of aromatic hydroxyl groups is 1. The van der Waals surface area contributed by atoms with Crippen molar-refractivity contribution in [1.82, 2.24) is 0 Å². The zero-order chi connectivity index (χ0) is 6.69. The lowest BCUT2D eigenvalue weighted by molar-refractivity contribution is 0.112. The fourth-order valence-electron chi connectivity index (χ4n) is 0.587. The number of hydrogen-bond donors (Lipinski definition) is 1. The quantitative estimate of drug-likeness (QED) is 0.706. The molecule has 0 saturated heterocycles. The van der Waals surface area contributed by atoms with Gasteiger partial charge < -0.3 is 5.11 Å². The van der Waals surface area contributed by atoms with Gasteiger partial charge in [0.15, 0.2) is 6.29 Å². The number of benzene rings is 1. The summed E-state index contributed by atoms with van der Waals surface area (Å²) in [6.07, 6.45) is 0.620. The van der Waals surface area contributed by atoms with Gasteiger partial charge in [-0.05, 0) is 12.1 Å². The molecule has 0 amide bonds. The van der Waals surface area contributed by atoms with Crippen LogP contribution in [0.3, 0.4) is 0 Å². The van der Waals surface area contributed by atoms with Gasteiger partial charge in [-0.2, -0.15) is 0 Å². The summed E-state index contributed by atoms with van der Waals surface area (Å²) in [6.45, 7) is 0. The van der Waals surface area contributed by atoms with Crippen LogP contribution in [0.4, 0.5) is 0 Å². The Morgan fingerprint density at radius 3 is 2.30 bits per heavy atom. The van der Waals surface area contributed by atoms with Crippen molar-refractivity contribution >= 4 is 23.3 Å². The highest BCUT2D eigenvalue weighted by Crippen LogP contribution is 2.11. The highest BCUT2D eigenvalue weighted by Gasteiger charge is 1.93. The van der Waals surface area contributed by atoms with Crippen LogP contribution in [0.2, 0.25) is 0 Å². The maximum Gasteiger partial charge on any atom is 0.153 e. The van der Waals surface area contributed by atoms with Gasteiger partial charge in [0, 0.05) is 0 Å². The van der Waals surface area contributed by atoms with Crippen LogP contribution in [0.1, 0.15) is 10.4 Å². The van der Waals surface area contributed by atoms with Gasteiger partial charge >= 0.3 is 0 Å². The third-order valence-corrected chi connectivity index (χ3v) is 1.06. The number of hydrogen-bond acceptors (Lipinski definition) is 2. The van der Waals surface area contributed by atoms with E-state index >= 15 is 0 Å². The molecular formula is C7H7BrO2. The molecule has 0 saturated carbocycles. The lowest BCUT2D eigenvalue weighted by Gasteiger charge is -1.91. The smallest absolute Gasteiger partial charge is 0.153 e. The minimum absolute atomic E-state index is 0. The van der Waals surface area contributed by atoms with E-state index in [1.807, 2.05) is 0 Å². The zero-order valence-corrected chi connectivity index (χ0v) is 6.86. The number of para-hydroxylation sites is 1. The van der Waals surface area contributed by atoms with Gasteiger partial charge in [-0.25, -0.2) is 0 Å². The van der Waals surface area contributed by atoms with Crippen molar-refractivity contribution in [3.63, 3.8) is 0 Å². The third-order valence-electron chi connectivity index (χ3n) is 1.06. The molecular weight excluding hydrogens is 196 g/mol. The zero-order valence-electron chi connectivity index (χ0n) is 5.15. The Morgan fingerprint density at radius 1 is 1.30 bits per heavy atom. The van der Waals surface area contributed by atoms with Crippen molar-refractivity contribution in [3.05, 3.63) is 29.8 Å². The minimum atomic E-state index is 0. The molecule has 1 rings (SSSR count). The first-order valence-electron chi connectivity index (χ1n) is 2.58. The second kappa shape index (κ2) is 4.06. The maximum atomic E-state index is 10.1. The van der Waals surface area contributed by atoms with Crippen LogP contribution in [0.15, 0.2) is 24.3 Å². The fourth-order valence-corrected chi connectivity index (χ4v) is 0.587. The van der Waals surface area contributed by atoms with Crippen molar-refractivity contribution in [1.29, 1.82) is 0 Å². The molecule has 0 bridgehead atoms. The van der Waals surface area contributed by atoms with Gasteiger partial charge in [-0.3, -0.25) is 4.79 Å². The van der Waals surface area contributed by atoms with Crippen molar-refractivity contribution in [2.75, 3.05) is 0 Å².